The SMILES string of the molecule is Cn1cc(-c2cnc3[nH]cc(NC(=O)c4cnn(Cc5ccccc5)c4)c3c2)cn1.O=C(Nc1c[nH]c2ncc(-c3ccncc3)cc12)c1cnn(Cc2ccccc2)c1. The molecule has 0 aliphatic carbocycles. The maximum Gasteiger partial charge on any atom is 0.258 e. The molecule has 0 aliphatic rings. The molecule has 2 aromatic carbocycles. The fourth-order valence-corrected chi connectivity index (χ4v) is 6.71. The van der Waals surface area contributed by atoms with Crippen LogP contribution in [0.4, 0.5) is 11.4 Å². The summed E-state index contributed by atoms with van der Waals surface area (Å²) in [5.74, 6) is -0.438. The monoisotopic (exact) mass is 791 g/mol. The predicted molar refractivity (Wildman–Crippen MR) is 229 cm³/mol. The quantitative estimate of drug-likeness (QED) is 0.109. The van der Waals surface area contributed by atoms with Gasteiger partial charge in [0.2, 0.25) is 0 Å². The van der Waals surface area contributed by atoms with Crippen molar-refractivity contribution in [2.75, 3.05) is 10.6 Å². The van der Waals surface area contributed by atoms with Gasteiger partial charge in [-0.05, 0) is 41.0 Å². The molecule has 60 heavy (non-hydrogen) atoms. The Hall–Kier alpha value is -8.46. The third kappa shape index (κ3) is 8.31. The van der Waals surface area contributed by atoms with Crippen molar-refractivity contribution in [1.29, 1.82) is 0 Å². The second kappa shape index (κ2) is 16.6. The van der Waals surface area contributed by atoms with Gasteiger partial charge >= 0.3 is 0 Å². The molecule has 10 aromatic rings. The van der Waals surface area contributed by atoms with Crippen molar-refractivity contribution in [2.45, 2.75) is 13.1 Å². The molecule has 0 radical (unpaired) electrons. The van der Waals surface area contributed by atoms with E-state index in [4.69, 9.17) is 0 Å². The number of aryl methyl sites for hydroxylation is 1. The molecule has 0 atom stereocenters. The van der Waals surface area contributed by atoms with E-state index in [1.165, 1.54) is 0 Å². The van der Waals surface area contributed by atoms with Gasteiger partial charge in [0, 0.05) is 90.3 Å². The summed E-state index contributed by atoms with van der Waals surface area (Å²) in [6, 6.07) is 27.8. The third-order valence-electron chi connectivity index (χ3n) is 9.78. The maximum absolute atomic E-state index is 12.8. The van der Waals surface area contributed by atoms with Gasteiger partial charge in [-0.3, -0.25) is 28.6 Å². The Morgan fingerprint density at radius 3 is 1.55 bits per heavy atom. The number of amides is 2. The molecule has 0 bridgehead atoms. The van der Waals surface area contributed by atoms with Crippen LogP contribution in [-0.4, -0.2) is 66.1 Å². The Bertz CT molecular complexity index is 3050. The van der Waals surface area contributed by atoms with Crippen molar-refractivity contribution in [2.24, 2.45) is 7.05 Å². The highest BCUT2D eigenvalue weighted by Crippen LogP contribution is 2.29. The molecule has 0 saturated carbocycles. The van der Waals surface area contributed by atoms with Crippen LogP contribution < -0.4 is 10.6 Å². The van der Waals surface area contributed by atoms with Gasteiger partial charge in [0.15, 0.2) is 0 Å². The van der Waals surface area contributed by atoms with Crippen LogP contribution in [0.15, 0.2) is 159 Å². The number of benzene rings is 2. The zero-order valence-electron chi connectivity index (χ0n) is 32.3. The minimum Gasteiger partial charge on any atom is -0.344 e. The summed E-state index contributed by atoms with van der Waals surface area (Å²) in [6.07, 6.45) is 20.9. The first-order chi connectivity index (χ1) is 29.4. The van der Waals surface area contributed by atoms with E-state index in [9.17, 15) is 9.59 Å². The summed E-state index contributed by atoms with van der Waals surface area (Å²) < 4.78 is 5.25. The number of hydrogen-bond acceptors (Lipinski definition) is 8. The predicted octanol–water partition coefficient (Wildman–Crippen LogP) is 7.58. The van der Waals surface area contributed by atoms with Gasteiger partial charge in [0.1, 0.15) is 11.3 Å². The molecule has 10 rings (SSSR count). The zero-order chi connectivity index (χ0) is 40.8. The molecule has 8 aromatic heterocycles. The van der Waals surface area contributed by atoms with E-state index in [1.807, 2.05) is 98.2 Å². The van der Waals surface area contributed by atoms with E-state index < -0.39 is 0 Å². The molecular formula is C45H37N13O2. The van der Waals surface area contributed by atoms with Gasteiger partial charge in [-0.15, -0.1) is 0 Å². The van der Waals surface area contributed by atoms with E-state index in [2.05, 4.69) is 50.8 Å². The molecule has 0 aliphatic heterocycles. The molecule has 0 fully saturated rings. The van der Waals surface area contributed by atoms with Crippen molar-refractivity contribution in [1.82, 2.24) is 54.3 Å². The number of aromatic amines is 2. The molecule has 294 valence electrons. The number of anilines is 2. The van der Waals surface area contributed by atoms with Gasteiger partial charge in [0.25, 0.3) is 11.8 Å². The standard InChI is InChI=1S/C23H18N6O.C22H19N7O/c30-23(19-12-27-29(15-19)14-16-4-2-1-3-5-16)28-21-13-26-22-20(21)10-18(11-25-22)17-6-8-24-9-7-17;1-28-13-17(9-25-28)16-7-19-20(11-24-21(19)23-8-16)27-22(30)18-10-26-29(14-18)12-15-5-3-2-4-6-15/h1-13,15H,14H2,(H,25,26)(H,28,30);2-11,13-14H,12H2,1H3,(H,23,24)(H,27,30). The second-order valence-electron chi connectivity index (χ2n) is 14.0. The number of fused-ring (bicyclic) bond motifs is 2. The van der Waals surface area contributed by atoms with E-state index in [1.54, 1.807) is 82.2 Å². The molecule has 8 heterocycles. The van der Waals surface area contributed by atoms with Crippen molar-refractivity contribution >= 4 is 45.3 Å². The van der Waals surface area contributed by atoms with E-state index >= 15 is 0 Å². The van der Waals surface area contributed by atoms with Crippen LogP contribution in [0.2, 0.25) is 0 Å². The minimum atomic E-state index is -0.220. The average Bonchev–Trinajstić information content (AvgIpc) is 4.15. The maximum atomic E-state index is 12.8. The summed E-state index contributed by atoms with van der Waals surface area (Å²) in [5.41, 5.74) is 9.87. The molecule has 4 N–H and O–H groups in total. The van der Waals surface area contributed by atoms with Crippen LogP contribution in [0.3, 0.4) is 0 Å². The number of nitrogens with one attached hydrogen (secondary N) is 4. The number of carbonyl (C=O) groups excluding carboxylic acids is 2. The van der Waals surface area contributed by atoms with Gasteiger partial charge in [-0.1, -0.05) is 60.7 Å². The van der Waals surface area contributed by atoms with Crippen LogP contribution in [0.1, 0.15) is 31.8 Å². The first-order valence-corrected chi connectivity index (χ1v) is 19.0. The Labute approximate surface area is 342 Å². The Balaban J connectivity index is 0.000000154. The number of hydrogen-bond donors (Lipinski definition) is 4. The van der Waals surface area contributed by atoms with Crippen LogP contribution in [0.25, 0.3) is 44.3 Å². The first-order valence-electron chi connectivity index (χ1n) is 19.0. The lowest BCUT2D eigenvalue weighted by molar-refractivity contribution is 0.101. The molecule has 15 heteroatoms. The third-order valence-corrected chi connectivity index (χ3v) is 9.78. The van der Waals surface area contributed by atoms with Crippen molar-refractivity contribution in [3.8, 4) is 22.3 Å². The van der Waals surface area contributed by atoms with E-state index in [-0.39, 0.29) is 11.8 Å². The summed E-state index contributed by atoms with van der Waals surface area (Å²) in [7, 11) is 1.87. The molecule has 0 spiro atoms. The minimum absolute atomic E-state index is 0.218. The Morgan fingerprint density at radius 2 is 1.07 bits per heavy atom. The fourth-order valence-electron chi connectivity index (χ4n) is 6.71. The average molecular weight is 792 g/mol. The number of H-pyrrole nitrogens is 2. The number of nitrogens with zero attached hydrogens (tertiary/aromatic N) is 9. The zero-order valence-corrected chi connectivity index (χ0v) is 32.3. The van der Waals surface area contributed by atoms with Crippen LogP contribution >= 0.6 is 0 Å². The largest absolute Gasteiger partial charge is 0.344 e. The van der Waals surface area contributed by atoms with Crippen molar-refractivity contribution in [3.63, 3.8) is 0 Å². The van der Waals surface area contributed by atoms with Gasteiger partial charge in [-0.25, -0.2) is 9.97 Å². The topological polar surface area (TPSA) is 182 Å². The number of pyridine rings is 3. The van der Waals surface area contributed by atoms with Gasteiger partial charge in [0.05, 0.1) is 54.2 Å². The smallest absolute Gasteiger partial charge is 0.258 e. The summed E-state index contributed by atoms with van der Waals surface area (Å²) >= 11 is 0. The molecular weight excluding hydrogens is 755 g/mol. The normalized spacial score (nSPS) is 11.0. The van der Waals surface area contributed by atoms with Crippen molar-refractivity contribution in [3.05, 3.63) is 182 Å². The summed E-state index contributed by atoms with van der Waals surface area (Å²) in [6.45, 7) is 1.22. The Kier molecular flexibility index (Phi) is 10.3. The van der Waals surface area contributed by atoms with Crippen LogP contribution in [0.5, 0.6) is 0 Å². The highest BCUT2D eigenvalue weighted by Gasteiger charge is 2.15. The first kappa shape index (κ1) is 37.1. The van der Waals surface area contributed by atoms with Crippen LogP contribution in [0, 0.1) is 0 Å². The van der Waals surface area contributed by atoms with E-state index in [0.29, 0.717) is 46.9 Å². The lowest BCUT2D eigenvalue weighted by Gasteiger charge is -2.04. The number of aromatic nitrogens is 11. The second-order valence-corrected chi connectivity index (χ2v) is 14.0. The number of rotatable bonds is 10. The summed E-state index contributed by atoms with van der Waals surface area (Å²) in [5, 5.41) is 20.4. The summed E-state index contributed by atoms with van der Waals surface area (Å²) in [4.78, 5) is 44.7. The van der Waals surface area contributed by atoms with Crippen molar-refractivity contribution < 1.29 is 9.59 Å². The van der Waals surface area contributed by atoms with Crippen LogP contribution in [-0.2, 0) is 20.1 Å². The molecule has 15 nitrogen and oxygen atoms in total. The highest BCUT2D eigenvalue weighted by molar-refractivity contribution is 6.09. The molecule has 2 amide bonds. The Morgan fingerprint density at radius 1 is 0.567 bits per heavy atom. The highest BCUT2D eigenvalue weighted by atomic mass is 16.2. The molecule has 0 saturated heterocycles. The van der Waals surface area contributed by atoms with Gasteiger partial charge in [-0.2, -0.15) is 15.3 Å². The molecule has 0 unspecified atom stereocenters. The lowest BCUT2D eigenvalue weighted by atomic mass is 10.1. The lowest BCUT2D eigenvalue weighted by Crippen LogP contribution is -2.11. The number of carbonyl (C=O) groups is 2. The van der Waals surface area contributed by atoms with Gasteiger partial charge < -0.3 is 20.6 Å². The fraction of sp³-hybridized carbons (Fsp3) is 0.0667. The van der Waals surface area contributed by atoms with E-state index in [0.717, 1.165) is 44.2 Å².